The van der Waals surface area contributed by atoms with Crippen molar-refractivity contribution in [3.05, 3.63) is 65.9 Å². The molecule has 1 fully saturated rings. The summed E-state index contributed by atoms with van der Waals surface area (Å²) in [6, 6.07) is 8.66. The van der Waals surface area contributed by atoms with Gasteiger partial charge in [-0.25, -0.2) is 4.39 Å². The summed E-state index contributed by atoms with van der Waals surface area (Å²) in [5.74, 6) is -0.185. The predicted molar refractivity (Wildman–Crippen MR) is 103 cm³/mol. The van der Waals surface area contributed by atoms with E-state index in [0.717, 1.165) is 35.5 Å². The highest BCUT2D eigenvalue weighted by Crippen LogP contribution is 2.33. The number of nitrogens with one attached hydrogen (secondary N) is 1. The average molecular weight is 382 g/mol. The summed E-state index contributed by atoms with van der Waals surface area (Å²) >= 11 is 0. The molecule has 0 bridgehead atoms. The number of H-pyrrole nitrogens is 1. The molecule has 0 atom stereocenters. The first kappa shape index (κ1) is 18.6. The van der Waals surface area contributed by atoms with E-state index in [1.807, 2.05) is 18.2 Å². The van der Waals surface area contributed by atoms with Crippen LogP contribution in [0.25, 0.3) is 11.3 Å². The lowest BCUT2D eigenvalue weighted by atomic mass is 9.85. The Morgan fingerprint density at radius 1 is 1.25 bits per heavy atom. The van der Waals surface area contributed by atoms with Crippen LogP contribution < -0.4 is 4.74 Å². The van der Waals surface area contributed by atoms with Crippen molar-refractivity contribution in [2.45, 2.75) is 25.0 Å². The molecule has 1 aromatic carbocycles. The number of aromatic nitrogens is 3. The number of likely N-dealkylation sites (tertiary alicyclic amines) is 1. The summed E-state index contributed by atoms with van der Waals surface area (Å²) < 4.78 is 19.1. The largest absolute Gasteiger partial charge is 0.494 e. The maximum Gasteiger partial charge on any atom is 0.165 e. The van der Waals surface area contributed by atoms with Crippen molar-refractivity contribution in [3.8, 4) is 17.0 Å². The summed E-state index contributed by atoms with van der Waals surface area (Å²) in [4.78, 5) is 6.40. The van der Waals surface area contributed by atoms with Gasteiger partial charge in [0, 0.05) is 48.7 Å². The minimum absolute atomic E-state index is 0.218. The average Bonchev–Trinajstić information content (AvgIpc) is 3.18. The van der Waals surface area contributed by atoms with Crippen LogP contribution in [0.1, 0.15) is 24.0 Å². The van der Waals surface area contributed by atoms with Crippen molar-refractivity contribution < 1.29 is 14.2 Å². The second-order valence-electron chi connectivity index (χ2n) is 7.17. The van der Waals surface area contributed by atoms with Gasteiger partial charge < -0.3 is 9.84 Å². The molecule has 1 saturated heterocycles. The molecule has 0 radical (unpaired) electrons. The fraction of sp³-hybridized carbons (Fsp3) is 0.333. The third-order valence-electron chi connectivity index (χ3n) is 5.43. The Bertz CT molecular complexity index is 937. The summed E-state index contributed by atoms with van der Waals surface area (Å²) in [5, 5.41) is 18.1. The monoisotopic (exact) mass is 382 g/mol. The van der Waals surface area contributed by atoms with Crippen LogP contribution in [0.2, 0.25) is 0 Å². The molecule has 3 aromatic rings. The van der Waals surface area contributed by atoms with Gasteiger partial charge in [-0.15, -0.1) is 0 Å². The maximum atomic E-state index is 14.1. The SMILES string of the molecule is COc1ccc(-c2[nH]ncc2CN2CCC(O)(c3cccnc3)CC2)cc1F. The smallest absolute Gasteiger partial charge is 0.165 e. The number of rotatable bonds is 5. The van der Waals surface area contributed by atoms with Crippen LogP contribution in [0, 0.1) is 5.82 Å². The molecule has 1 aliphatic heterocycles. The quantitative estimate of drug-likeness (QED) is 0.709. The zero-order chi connectivity index (χ0) is 19.6. The van der Waals surface area contributed by atoms with Crippen LogP contribution in [0.4, 0.5) is 4.39 Å². The Balaban J connectivity index is 1.46. The lowest BCUT2D eigenvalue weighted by Gasteiger charge is -2.38. The molecule has 0 aliphatic carbocycles. The van der Waals surface area contributed by atoms with E-state index in [1.54, 1.807) is 24.7 Å². The van der Waals surface area contributed by atoms with Crippen molar-refractivity contribution in [1.82, 2.24) is 20.1 Å². The number of halogens is 1. The van der Waals surface area contributed by atoms with Gasteiger partial charge in [0.2, 0.25) is 0 Å². The van der Waals surface area contributed by atoms with Gasteiger partial charge in [-0.1, -0.05) is 6.07 Å². The normalized spacial score (nSPS) is 16.8. The molecule has 0 unspecified atom stereocenters. The molecule has 4 rings (SSSR count). The lowest BCUT2D eigenvalue weighted by Crippen LogP contribution is -2.42. The van der Waals surface area contributed by atoms with Crippen LogP contribution >= 0.6 is 0 Å². The standard InChI is InChI=1S/C21H23FN4O2/c1-28-19-5-4-15(11-18(19)22)20-16(12-24-25-20)14-26-9-6-21(27,7-10-26)17-3-2-8-23-13-17/h2-5,8,11-13,27H,6-7,9-10,14H2,1H3,(H,24,25). The summed E-state index contributed by atoms with van der Waals surface area (Å²) in [5.41, 5.74) is 2.57. The number of benzene rings is 1. The molecule has 146 valence electrons. The van der Waals surface area contributed by atoms with Gasteiger partial charge in [-0.05, 0) is 37.1 Å². The van der Waals surface area contributed by atoms with Gasteiger partial charge in [-0.3, -0.25) is 15.0 Å². The number of hydrogen-bond acceptors (Lipinski definition) is 5. The third kappa shape index (κ3) is 3.63. The van der Waals surface area contributed by atoms with E-state index < -0.39 is 11.4 Å². The summed E-state index contributed by atoms with van der Waals surface area (Å²) in [7, 11) is 1.45. The van der Waals surface area contributed by atoms with E-state index in [-0.39, 0.29) is 5.75 Å². The molecule has 28 heavy (non-hydrogen) atoms. The number of aromatic amines is 1. The molecular formula is C21H23FN4O2. The van der Waals surface area contributed by atoms with Gasteiger partial charge in [0.25, 0.3) is 0 Å². The molecular weight excluding hydrogens is 359 g/mol. The first-order valence-corrected chi connectivity index (χ1v) is 9.30. The molecule has 2 aromatic heterocycles. The molecule has 3 heterocycles. The van der Waals surface area contributed by atoms with E-state index in [4.69, 9.17) is 4.74 Å². The molecule has 2 N–H and O–H groups in total. The highest BCUT2D eigenvalue weighted by Gasteiger charge is 2.34. The Labute approximate surface area is 163 Å². The Morgan fingerprint density at radius 2 is 2.07 bits per heavy atom. The minimum atomic E-state index is -0.830. The first-order valence-electron chi connectivity index (χ1n) is 9.30. The Hall–Kier alpha value is -2.77. The second-order valence-corrected chi connectivity index (χ2v) is 7.17. The zero-order valence-electron chi connectivity index (χ0n) is 15.7. The fourth-order valence-corrected chi connectivity index (χ4v) is 3.75. The molecule has 6 nitrogen and oxygen atoms in total. The van der Waals surface area contributed by atoms with Crippen molar-refractivity contribution in [3.63, 3.8) is 0 Å². The maximum absolute atomic E-state index is 14.1. The number of methoxy groups -OCH3 is 1. The number of aliphatic hydroxyl groups is 1. The van der Waals surface area contributed by atoms with Crippen molar-refractivity contribution >= 4 is 0 Å². The van der Waals surface area contributed by atoms with Gasteiger partial charge >= 0.3 is 0 Å². The van der Waals surface area contributed by atoms with E-state index in [2.05, 4.69) is 20.1 Å². The van der Waals surface area contributed by atoms with Crippen LogP contribution in [-0.4, -0.2) is 45.4 Å². The van der Waals surface area contributed by atoms with Crippen LogP contribution in [0.15, 0.2) is 48.9 Å². The third-order valence-corrected chi connectivity index (χ3v) is 5.43. The number of ether oxygens (including phenoxy) is 1. The van der Waals surface area contributed by atoms with Gasteiger partial charge in [0.15, 0.2) is 11.6 Å². The molecule has 0 spiro atoms. The van der Waals surface area contributed by atoms with Crippen molar-refractivity contribution in [2.75, 3.05) is 20.2 Å². The van der Waals surface area contributed by atoms with Gasteiger partial charge in [0.1, 0.15) is 0 Å². The zero-order valence-corrected chi connectivity index (χ0v) is 15.7. The number of pyridine rings is 1. The highest BCUT2D eigenvalue weighted by molar-refractivity contribution is 5.63. The number of hydrogen-bond donors (Lipinski definition) is 2. The topological polar surface area (TPSA) is 74.3 Å². The molecule has 0 saturated carbocycles. The second kappa shape index (κ2) is 7.69. The van der Waals surface area contributed by atoms with E-state index in [9.17, 15) is 9.50 Å². The summed E-state index contributed by atoms with van der Waals surface area (Å²) in [6.45, 7) is 2.20. The molecule has 7 heteroatoms. The molecule has 0 amide bonds. The summed E-state index contributed by atoms with van der Waals surface area (Å²) in [6.07, 6.45) is 6.51. The number of piperidine rings is 1. The number of nitrogens with zero attached hydrogens (tertiary/aromatic N) is 3. The fourth-order valence-electron chi connectivity index (χ4n) is 3.75. The van der Waals surface area contributed by atoms with E-state index >= 15 is 0 Å². The first-order chi connectivity index (χ1) is 13.6. The van der Waals surface area contributed by atoms with Crippen molar-refractivity contribution in [2.24, 2.45) is 0 Å². The minimum Gasteiger partial charge on any atom is -0.494 e. The van der Waals surface area contributed by atoms with E-state index in [0.29, 0.717) is 19.4 Å². The lowest BCUT2D eigenvalue weighted by molar-refractivity contribution is -0.0279. The van der Waals surface area contributed by atoms with Crippen LogP contribution in [0.3, 0.4) is 0 Å². The van der Waals surface area contributed by atoms with Crippen molar-refractivity contribution in [1.29, 1.82) is 0 Å². The predicted octanol–water partition coefficient (Wildman–Crippen LogP) is 3.10. The van der Waals surface area contributed by atoms with Gasteiger partial charge in [-0.2, -0.15) is 5.10 Å². The van der Waals surface area contributed by atoms with Crippen LogP contribution in [-0.2, 0) is 12.1 Å². The van der Waals surface area contributed by atoms with E-state index in [1.165, 1.54) is 13.2 Å². The highest BCUT2D eigenvalue weighted by atomic mass is 19.1. The van der Waals surface area contributed by atoms with Crippen LogP contribution in [0.5, 0.6) is 5.75 Å². The Kier molecular flexibility index (Phi) is 5.11. The molecule has 1 aliphatic rings. The Morgan fingerprint density at radius 3 is 2.75 bits per heavy atom. The van der Waals surface area contributed by atoms with Gasteiger partial charge in [0.05, 0.1) is 24.6 Å².